The Kier molecular flexibility index (Phi) is 4.92. The maximum absolute atomic E-state index is 13.0. The van der Waals surface area contributed by atoms with Crippen molar-refractivity contribution in [3.05, 3.63) is 69.9 Å². The topological polar surface area (TPSA) is 79.6 Å². The van der Waals surface area contributed by atoms with Gasteiger partial charge in [0.15, 0.2) is 11.0 Å². The zero-order valence-corrected chi connectivity index (χ0v) is 16.4. The zero-order valence-electron chi connectivity index (χ0n) is 16.4. The van der Waals surface area contributed by atoms with Gasteiger partial charge in [-0.2, -0.15) is 0 Å². The molecular weight excluding hydrogens is 368 g/mol. The minimum atomic E-state index is -0.567. The van der Waals surface area contributed by atoms with Gasteiger partial charge >= 0.3 is 0 Å². The number of nitrogens with zero attached hydrogens (tertiary/aromatic N) is 1. The molecule has 2 aromatic carbocycles. The number of rotatable bonds is 3. The van der Waals surface area contributed by atoms with E-state index in [1.165, 1.54) is 0 Å². The number of nitrogens with one attached hydrogen (secondary N) is 1. The molecule has 0 radical (unpaired) electrons. The van der Waals surface area contributed by atoms with Crippen LogP contribution in [-0.4, -0.2) is 36.3 Å². The van der Waals surface area contributed by atoms with Crippen molar-refractivity contribution in [2.24, 2.45) is 0 Å². The monoisotopic (exact) mass is 390 g/mol. The number of hydrogen-bond acceptors (Lipinski definition) is 4. The predicted molar refractivity (Wildman–Crippen MR) is 111 cm³/mol. The summed E-state index contributed by atoms with van der Waals surface area (Å²) in [5.41, 5.74) is 1.57. The number of piperidine rings is 1. The van der Waals surface area contributed by atoms with Gasteiger partial charge in [0.05, 0.1) is 10.9 Å². The average Bonchev–Trinajstić information content (AvgIpc) is 2.74. The lowest BCUT2D eigenvalue weighted by Crippen LogP contribution is -2.50. The molecule has 4 rings (SSSR count). The molecule has 0 bridgehead atoms. The van der Waals surface area contributed by atoms with Crippen LogP contribution in [0, 0.1) is 6.92 Å². The van der Waals surface area contributed by atoms with Gasteiger partial charge in [0.2, 0.25) is 5.91 Å². The van der Waals surface area contributed by atoms with E-state index in [9.17, 15) is 14.4 Å². The van der Waals surface area contributed by atoms with Crippen molar-refractivity contribution in [1.29, 1.82) is 0 Å². The minimum Gasteiger partial charge on any atom is -0.455 e. The van der Waals surface area contributed by atoms with Crippen LogP contribution in [0.5, 0.6) is 0 Å². The Balaban J connectivity index is 1.79. The molecule has 148 valence electrons. The van der Waals surface area contributed by atoms with Gasteiger partial charge in [-0.1, -0.05) is 36.4 Å². The molecule has 1 aromatic heterocycles. The summed E-state index contributed by atoms with van der Waals surface area (Å²) in [7, 11) is 1.73. The van der Waals surface area contributed by atoms with E-state index in [-0.39, 0.29) is 22.5 Å². The van der Waals surface area contributed by atoms with Crippen LogP contribution >= 0.6 is 0 Å². The van der Waals surface area contributed by atoms with Crippen LogP contribution in [0.3, 0.4) is 0 Å². The van der Waals surface area contributed by atoms with Crippen LogP contribution in [0.4, 0.5) is 0 Å². The smallest absolute Gasteiger partial charge is 0.255 e. The predicted octanol–water partition coefficient (Wildman–Crippen LogP) is 3.12. The molecule has 0 spiro atoms. The number of benzene rings is 2. The molecule has 1 saturated heterocycles. The number of para-hydroxylation sites is 1. The van der Waals surface area contributed by atoms with E-state index in [1.807, 2.05) is 30.3 Å². The lowest BCUT2D eigenvalue weighted by Gasteiger charge is -2.29. The summed E-state index contributed by atoms with van der Waals surface area (Å²) in [5.74, 6) is -0.0841. The summed E-state index contributed by atoms with van der Waals surface area (Å²) in [6.07, 6.45) is 1.42. The van der Waals surface area contributed by atoms with Crippen LogP contribution < -0.4 is 10.7 Å². The van der Waals surface area contributed by atoms with Crippen molar-refractivity contribution in [2.75, 3.05) is 13.6 Å². The molecule has 1 aliphatic rings. The van der Waals surface area contributed by atoms with Gasteiger partial charge in [0.1, 0.15) is 11.8 Å². The molecule has 3 aromatic rings. The van der Waals surface area contributed by atoms with E-state index in [1.54, 1.807) is 37.1 Å². The minimum absolute atomic E-state index is 0.105. The fourth-order valence-electron chi connectivity index (χ4n) is 3.76. The third-order valence-corrected chi connectivity index (χ3v) is 5.39. The van der Waals surface area contributed by atoms with Gasteiger partial charge in [-0.15, -0.1) is 0 Å². The van der Waals surface area contributed by atoms with E-state index in [0.717, 1.165) is 12.0 Å². The molecule has 6 heteroatoms. The second-order valence-corrected chi connectivity index (χ2v) is 7.36. The van der Waals surface area contributed by atoms with Crippen LogP contribution in [0.25, 0.3) is 22.3 Å². The molecule has 1 N–H and O–H groups in total. The number of carbonyl (C=O) groups is 2. The Labute approximate surface area is 168 Å². The molecule has 1 aliphatic heterocycles. The molecule has 29 heavy (non-hydrogen) atoms. The zero-order chi connectivity index (χ0) is 20.5. The average molecular weight is 390 g/mol. The maximum atomic E-state index is 13.0. The number of likely N-dealkylation sites (tertiary alicyclic amines) is 1. The number of amides is 2. The van der Waals surface area contributed by atoms with Crippen molar-refractivity contribution in [1.82, 2.24) is 10.2 Å². The van der Waals surface area contributed by atoms with Gasteiger partial charge in [0.25, 0.3) is 5.91 Å². The summed E-state index contributed by atoms with van der Waals surface area (Å²) in [6.45, 7) is 2.41. The van der Waals surface area contributed by atoms with E-state index in [0.29, 0.717) is 29.7 Å². The molecular formula is C23H22N2O4. The quantitative estimate of drug-likeness (QED) is 0.745. The van der Waals surface area contributed by atoms with Crippen LogP contribution in [0.2, 0.25) is 0 Å². The highest BCUT2D eigenvalue weighted by molar-refractivity contribution is 6.06. The molecule has 1 fully saturated rings. The second kappa shape index (κ2) is 7.54. The Morgan fingerprint density at radius 1 is 1.10 bits per heavy atom. The number of hydrogen-bond donors (Lipinski definition) is 1. The van der Waals surface area contributed by atoms with Crippen molar-refractivity contribution in [3.63, 3.8) is 0 Å². The molecule has 2 amide bonds. The van der Waals surface area contributed by atoms with Crippen LogP contribution in [0.1, 0.15) is 28.8 Å². The lowest BCUT2D eigenvalue weighted by molar-refractivity contribution is -0.134. The molecule has 0 aliphatic carbocycles. The number of carbonyl (C=O) groups excluding carboxylic acids is 2. The Morgan fingerprint density at radius 2 is 1.86 bits per heavy atom. The van der Waals surface area contributed by atoms with Crippen molar-refractivity contribution in [3.8, 4) is 11.3 Å². The van der Waals surface area contributed by atoms with Crippen LogP contribution in [-0.2, 0) is 4.79 Å². The normalized spacial score (nSPS) is 16.8. The van der Waals surface area contributed by atoms with Crippen LogP contribution in [0.15, 0.2) is 57.7 Å². The van der Waals surface area contributed by atoms with Gasteiger partial charge in [0, 0.05) is 24.7 Å². The molecule has 1 atom stereocenters. The summed E-state index contributed by atoms with van der Waals surface area (Å²) in [4.78, 5) is 39.9. The van der Waals surface area contributed by atoms with Crippen molar-refractivity contribution in [2.45, 2.75) is 25.8 Å². The van der Waals surface area contributed by atoms with E-state index in [4.69, 9.17) is 4.42 Å². The highest BCUT2D eigenvalue weighted by Gasteiger charge is 2.29. The third-order valence-electron chi connectivity index (χ3n) is 5.39. The van der Waals surface area contributed by atoms with Gasteiger partial charge in [-0.25, -0.2) is 0 Å². The Bertz CT molecular complexity index is 1150. The third kappa shape index (κ3) is 3.42. The molecule has 6 nitrogen and oxygen atoms in total. The first-order chi connectivity index (χ1) is 14.0. The van der Waals surface area contributed by atoms with Gasteiger partial charge in [-0.3, -0.25) is 14.4 Å². The SMILES string of the molecule is Cc1c(-c2ccccc2)oc2c(C(=O)NC3CCCN(C)C3=O)cccc2c1=O. The second-order valence-electron chi connectivity index (χ2n) is 7.36. The maximum Gasteiger partial charge on any atom is 0.255 e. The van der Waals surface area contributed by atoms with Crippen molar-refractivity contribution < 1.29 is 14.0 Å². The summed E-state index contributed by atoms with van der Waals surface area (Å²) >= 11 is 0. The number of likely N-dealkylation sites (N-methyl/N-ethyl adjacent to an activating group) is 1. The first kappa shape index (κ1) is 18.9. The lowest BCUT2D eigenvalue weighted by atomic mass is 10.0. The highest BCUT2D eigenvalue weighted by atomic mass is 16.3. The van der Waals surface area contributed by atoms with Gasteiger partial charge in [-0.05, 0) is 31.9 Å². The van der Waals surface area contributed by atoms with Gasteiger partial charge < -0.3 is 14.6 Å². The summed E-state index contributed by atoms with van der Waals surface area (Å²) in [6, 6.07) is 13.7. The fraction of sp³-hybridized carbons (Fsp3) is 0.261. The highest BCUT2D eigenvalue weighted by Crippen LogP contribution is 2.27. The van der Waals surface area contributed by atoms with E-state index >= 15 is 0 Å². The van der Waals surface area contributed by atoms with Crippen molar-refractivity contribution >= 4 is 22.8 Å². The molecule has 0 saturated carbocycles. The first-order valence-corrected chi connectivity index (χ1v) is 9.65. The largest absolute Gasteiger partial charge is 0.455 e. The fourth-order valence-corrected chi connectivity index (χ4v) is 3.76. The Hall–Kier alpha value is -3.41. The van der Waals surface area contributed by atoms with E-state index < -0.39 is 11.9 Å². The Morgan fingerprint density at radius 3 is 2.62 bits per heavy atom. The summed E-state index contributed by atoms with van der Waals surface area (Å²) < 4.78 is 6.09. The first-order valence-electron chi connectivity index (χ1n) is 9.65. The standard InChI is InChI=1S/C23H22N2O4/c1-14-19(26)16-10-6-11-17(21(16)29-20(14)15-8-4-3-5-9-15)22(27)24-18-12-7-13-25(2)23(18)28/h3-6,8-11,18H,7,12-13H2,1-2H3,(H,24,27). The number of fused-ring (bicyclic) bond motifs is 1. The molecule has 1 unspecified atom stereocenters. The molecule has 2 heterocycles. The summed E-state index contributed by atoms with van der Waals surface area (Å²) in [5, 5.41) is 3.16. The van der Waals surface area contributed by atoms with E-state index in [2.05, 4.69) is 5.32 Å².